The highest BCUT2D eigenvalue weighted by Crippen LogP contribution is 2.19. The smallest absolute Gasteiger partial charge is 0.246 e. The minimum atomic E-state index is -3.74. The van der Waals surface area contributed by atoms with Gasteiger partial charge in [0.15, 0.2) is 0 Å². The molecule has 2 aromatic rings. The van der Waals surface area contributed by atoms with Gasteiger partial charge in [-0.05, 0) is 62.2 Å². The molecule has 24 heavy (non-hydrogen) atoms. The molecular weight excluding hydrogens is 326 g/mol. The summed E-state index contributed by atoms with van der Waals surface area (Å²) < 4.78 is 22.4. The molecule has 1 unspecified atom stereocenters. The summed E-state index contributed by atoms with van der Waals surface area (Å²) in [6.07, 6.45) is 0. The van der Waals surface area contributed by atoms with Gasteiger partial charge in [0.05, 0.1) is 4.90 Å². The predicted molar refractivity (Wildman–Crippen MR) is 95.4 cm³/mol. The summed E-state index contributed by atoms with van der Waals surface area (Å²) in [6.45, 7) is 5.77. The van der Waals surface area contributed by atoms with Gasteiger partial charge in [0.1, 0.15) is 6.04 Å². The quantitative estimate of drug-likeness (QED) is 0.773. The van der Waals surface area contributed by atoms with Crippen LogP contribution >= 0.6 is 0 Å². The molecule has 1 atom stereocenters. The molecule has 0 aliphatic carbocycles. The van der Waals surface area contributed by atoms with Crippen molar-refractivity contribution in [1.82, 2.24) is 0 Å². The Balaban J connectivity index is 2.05. The minimum absolute atomic E-state index is 0.00191. The van der Waals surface area contributed by atoms with Crippen LogP contribution < -0.4 is 15.8 Å². The summed E-state index contributed by atoms with van der Waals surface area (Å²) in [6, 6.07) is 11.1. The molecule has 0 fully saturated rings. The van der Waals surface area contributed by atoms with Gasteiger partial charge >= 0.3 is 0 Å². The lowest BCUT2D eigenvalue weighted by Crippen LogP contribution is -2.32. The van der Waals surface area contributed by atoms with Crippen LogP contribution in [0.3, 0.4) is 0 Å². The number of nitrogens with two attached hydrogens (primary N) is 1. The Morgan fingerprint density at radius 2 is 1.71 bits per heavy atom. The lowest BCUT2D eigenvalue weighted by molar-refractivity contribution is -0.116. The average Bonchev–Trinajstić information content (AvgIpc) is 2.51. The molecule has 0 heterocycles. The second-order valence-electron chi connectivity index (χ2n) is 5.67. The molecule has 128 valence electrons. The first-order valence-electron chi connectivity index (χ1n) is 7.45. The minimum Gasteiger partial charge on any atom is -0.374 e. The van der Waals surface area contributed by atoms with E-state index in [2.05, 4.69) is 10.6 Å². The van der Waals surface area contributed by atoms with Gasteiger partial charge in [0, 0.05) is 11.4 Å². The number of anilines is 2. The van der Waals surface area contributed by atoms with E-state index in [-0.39, 0.29) is 10.8 Å². The number of benzene rings is 2. The molecule has 0 radical (unpaired) electrons. The third-order valence-corrected chi connectivity index (χ3v) is 4.75. The third-order valence-electron chi connectivity index (χ3n) is 3.82. The molecule has 0 spiro atoms. The Morgan fingerprint density at radius 3 is 2.29 bits per heavy atom. The van der Waals surface area contributed by atoms with E-state index >= 15 is 0 Å². The normalized spacial score (nSPS) is 12.5. The number of nitrogens with one attached hydrogen (secondary N) is 2. The van der Waals surface area contributed by atoms with Gasteiger partial charge < -0.3 is 10.6 Å². The fraction of sp³-hybridized carbons (Fsp3) is 0.235. The number of aryl methyl sites for hydroxylation is 1. The van der Waals surface area contributed by atoms with Crippen molar-refractivity contribution in [3.05, 3.63) is 53.6 Å². The van der Waals surface area contributed by atoms with Crippen molar-refractivity contribution < 1.29 is 13.2 Å². The van der Waals surface area contributed by atoms with Gasteiger partial charge in [-0.25, -0.2) is 13.6 Å². The molecular formula is C17H21N3O3S. The summed E-state index contributed by atoms with van der Waals surface area (Å²) in [4.78, 5) is 12.3. The topological polar surface area (TPSA) is 101 Å². The van der Waals surface area contributed by atoms with E-state index in [1.54, 1.807) is 6.92 Å². The predicted octanol–water partition coefficient (Wildman–Crippen LogP) is 2.39. The first-order valence-corrected chi connectivity index (χ1v) is 8.99. The summed E-state index contributed by atoms with van der Waals surface area (Å²) >= 11 is 0. The summed E-state index contributed by atoms with van der Waals surface area (Å²) in [5.41, 5.74) is 3.64. The highest BCUT2D eigenvalue weighted by Gasteiger charge is 2.15. The molecule has 6 nitrogen and oxygen atoms in total. The standard InChI is InChI=1S/C17H21N3O3S/c1-11-5-4-6-16(12(11)2)19-13(3)17(21)20-14-7-9-15(10-8-14)24(18,22)23/h4-10,13,19H,1-3H3,(H,20,21)(H2,18,22,23). The Labute approximate surface area is 142 Å². The van der Waals surface area contributed by atoms with Gasteiger partial charge in [0.25, 0.3) is 0 Å². The molecule has 1 amide bonds. The number of hydrogen-bond acceptors (Lipinski definition) is 4. The van der Waals surface area contributed by atoms with E-state index in [0.29, 0.717) is 5.69 Å². The summed E-state index contributed by atoms with van der Waals surface area (Å²) in [5, 5.41) is 11.0. The molecule has 0 aromatic heterocycles. The van der Waals surface area contributed by atoms with Crippen molar-refractivity contribution in [2.24, 2.45) is 5.14 Å². The van der Waals surface area contributed by atoms with Gasteiger partial charge in [-0.15, -0.1) is 0 Å². The number of sulfonamides is 1. The molecule has 7 heteroatoms. The summed E-state index contributed by atoms with van der Waals surface area (Å²) in [7, 11) is -3.74. The van der Waals surface area contributed by atoms with Crippen molar-refractivity contribution in [1.29, 1.82) is 0 Å². The Hall–Kier alpha value is -2.38. The fourth-order valence-corrected chi connectivity index (χ4v) is 2.70. The number of carbonyl (C=O) groups is 1. The molecule has 0 saturated heterocycles. The zero-order valence-corrected chi connectivity index (χ0v) is 14.6. The molecule has 0 saturated carbocycles. The van der Waals surface area contributed by atoms with Crippen LogP contribution in [0.4, 0.5) is 11.4 Å². The van der Waals surface area contributed by atoms with E-state index < -0.39 is 16.1 Å². The fourth-order valence-electron chi connectivity index (χ4n) is 2.18. The van der Waals surface area contributed by atoms with Crippen molar-refractivity contribution >= 4 is 27.3 Å². The molecule has 2 aromatic carbocycles. The zero-order valence-electron chi connectivity index (χ0n) is 13.8. The zero-order chi connectivity index (χ0) is 17.9. The first kappa shape index (κ1) is 18.0. The summed E-state index contributed by atoms with van der Waals surface area (Å²) in [5.74, 6) is -0.223. The second-order valence-corrected chi connectivity index (χ2v) is 7.23. The van der Waals surface area contributed by atoms with Gasteiger partial charge in [-0.2, -0.15) is 0 Å². The molecule has 2 rings (SSSR count). The lowest BCUT2D eigenvalue weighted by atomic mass is 10.1. The van der Waals surface area contributed by atoms with Gasteiger partial charge in [-0.1, -0.05) is 12.1 Å². The third kappa shape index (κ3) is 4.33. The number of amides is 1. The highest BCUT2D eigenvalue weighted by atomic mass is 32.2. The lowest BCUT2D eigenvalue weighted by Gasteiger charge is -2.18. The monoisotopic (exact) mass is 347 g/mol. The molecule has 0 bridgehead atoms. The largest absolute Gasteiger partial charge is 0.374 e. The Kier molecular flexibility index (Phi) is 5.26. The number of primary sulfonamides is 1. The molecule has 4 N–H and O–H groups in total. The Morgan fingerprint density at radius 1 is 1.08 bits per heavy atom. The van der Waals surface area contributed by atoms with Crippen molar-refractivity contribution in [2.45, 2.75) is 31.7 Å². The van der Waals surface area contributed by atoms with Crippen LogP contribution in [0.5, 0.6) is 0 Å². The van der Waals surface area contributed by atoms with Crippen LogP contribution in [0.2, 0.25) is 0 Å². The van der Waals surface area contributed by atoms with E-state index in [0.717, 1.165) is 16.8 Å². The number of carbonyl (C=O) groups excluding carboxylic acids is 1. The van der Waals surface area contributed by atoms with Crippen LogP contribution in [0.25, 0.3) is 0 Å². The van der Waals surface area contributed by atoms with Gasteiger partial charge in [-0.3, -0.25) is 4.79 Å². The average molecular weight is 347 g/mol. The van der Waals surface area contributed by atoms with Crippen LogP contribution in [0, 0.1) is 13.8 Å². The van der Waals surface area contributed by atoms with Crippen molar-refractivity contribution in [2.75, 3.05) is 10.6 Å². The SMILES string of the molecule is Cc1cccc(NC(C)C(=O)Nc2ccc(S(N)(=O)=O)cc2)c1C. The van der Waals surface area contributed by atoms with Crippen molar-refractivity contribution in [3.63, 3.8) is 0 Å². The maximum absolute atomic E-state index is 12.3. The van der Waals surface area contributed by atoms with E-state index in [4.69, 9.17) is 5.14 Å². The molecule has 0 aliphatic rings. The highest BCUT2D eigenvalue weighted by molar-refractivity contribution is 7.89. The van der Waals surface area contributed by atoms with E-state index in [1.165, 1.54) is 24.3 Å². The van der Waals surface area contributed by atoms with E-state index in [1.807, 2.05) is 32.0 Å². The van der Waals surface area contributed by atoms with Crippen LogP contribution in [-0.2, 0) is 14.8 Å². The number of rotatable bonds is 5. The van der Waals surface area contributed by atoms with Gasteiger partial charge in [0.2, 0.25) is 15.9 Å². The van der Waals surface area contributed by atoms with Crippen molar-refractivity contribution in [3.8, 4) is 0 Å². The Bertz CT molecular complexity index is 846. The second kappa shape index (κ2) is 7.02. The molecule has 0 aliphatic heterocycles. The van der Waals surface area contributed by atoms with Crippen LogP contribution in [0.15, 0.2) is 47.4 Å². The maximum Gasteiger partial charge on any atom is 0.246 e. The first-order chi connectivity index (χ1) is 11.2. The van der Waals surface area contributed by atoms with E-state index in [9.17, 15) is 13.2 Å². The van der Waals surface area contributed by atoms with Crippen LogP contribution in [-0.4, -0.2) is 20.4 Å². The number of hydrogen-bond donors (Lipinski definition) is 3. The van der Waals surface area contributed by atoms with Crippen LogP contribution in [0.1, 0.15) is 18.1 Å². The maximum atomic E-state index is 12.3.